The Morgan fingerprint density at radius 3 is 2.62 bits per heavy atom. The fourth-order valence-electron chi connectivity index (χ4n) is 3.87. The van der Waals surface area contributed by atoms with Crippen LogP contribution in [0, 0.1) is 0 Å². The Balaban J connectivity index is 2.00. The van der Waals surface area contributed by atoms with Crippen LogP contribution in [-0.4, -0.2) is 58.8 Å². The van der Waals surface area contributed by atoms with Gasteiger partial charge in [0.15, 0.2) is 0 Å². The van der Waals surface area contributed by atoms with E-state index in [-0.39, 0.29) is 23.4 Å². The maximum atomic E-state index is 13.1. The zero-order chi connectivity index (χ0) is 21.2. The first-order valence-corrected chi connectivity index (χ1v) is 11.5. The van der Waals surface area contributed by atoms with Crippen LogP contribution in [-0.2, 0) is 21.4 Å². The molecule has 2 aromatic rings. The zero-order valence-electron chi connectivity index (χ0n) is 17.2. The molecule has 0 saturated carbocycles. The van der Waals surface area contributed by atoms with Gasteiger partial charge in [0.1, 0.15) is 6.54 Å². The predicted molar refractivity (Wildman–Crippen MR) is 111 cm³/mol. The third-order valence-electron chi connectivity index (χ3n) is 5.59. The molecular formula is C20H28N4O4S. The second-order valence-corrected chi connectivity index (χ2v) is 9.26. The lowest BCUT2D eigenvalue weighted by Gasteiger charge is -2.32. The number of rotatable bonds is 6. The van der Waals surface area contributed by atoms with Gasteiger partial charge >= 0.3 is 5.69 Å². The highest BCUT2D eigenvalue weighted by Crippen LogP contribution is 2.26. The van der Waals surface area contributed by atoms with Gasteiger partial charge in [-0.25, -0.2) is 18.2 Å². The van der Waals surface area contributed by atoms with E-state index in [4.69, 9.17) is 0 Å². The maximum absolute atomic E-state index is 13.1. The lowest BCUT2D eigenvalue weighted by Crippen LogP contribution is -2.41. The van der Waals surface area contributed by atoms with Gasteiger partial charge in [0.25, 0.3) is 0 Å². The van der Waals surface area contributed by atoms with Crippen molar-refractivity contribution < 1.29 is 13.2 Å². The van der Waals surface area contributed by atoms with Crippen LogP contribution in [0.1, 0.15) is 40.0 Å². The van der Waals surface area contributed by atoms with Crippen LogP contribution in [0.5, 0.6) is 0 Å². The normalized spacial score (nSPS) is 18.1. The quantitative estimate of drug-likeness (QED) is 0.711. The lowest BCUT2D eigenvalue weighted by atomic mass is 10.1. The Kier molecular flexibility index (Phi) is 6.38. The monoisotopic (exact) mass is 420 g/mol. The first kappa shape index (κ1) is 21.4. The molecule has 0 radical (unpaired) electrons. The molecule has 1 aliphatic rings. The summed E-state index contributed by atoms with van der Waals surface area (Å²) in [5.41, 5.74) is -0.0329. The molecule has 0 bridgehead atoms. The van der Waals surface area contributed by atoms with Crippen LogP contribution in [0.4, 0.5) is 0 Å². The molecule has 0 aliphatic carbocycles. The van der Waals surface area contributed by atoms with Gasteiger partial charge in [-0.3, -0.25) is 9.36 Å². The molecule has 29 heavy (non-hydrogen) atoms. The molecule has 1 fully saturated rings. The number of aromatic nitrogens is 2. The van der Waals surface area contributed by atoms with E-state index in [1.807, 2.05) is 20.8 Å². The number of carbonyl (C=O) groups excluding carboxylic acids is 1. The van der Waals surface area contributed by atoms with Crippen molar-refractivity contribution in [1.29, 1.82) is 0 Å². The highest BCUT2D eigenvalue weighted by molar-refractivity contribution is 7.89. The van der Waals surface area contributed by atoms with Crippen molar-refractivity contribution in [2.75, 3.05) is 19.6 Å². The Labute approximate surface area is 171 Å². The second kappa shape index (κ2) is 8.62. The van der Waals surface area contributed by atoms with Gasteiger partial charge in [-0.2, -0.15) is 4.31 Å². The topological polar surface area (TPSA) is 92.6 Å². The Hall–Kier alpha value is -2.26. The summed E-state index contributed by atoms with van der Waals surface area (Å²) in [6.07, 6.45) is 4.10. The number of hydrogen-bond acceptors (Lipinski definition) is 5. The van der Waals surface area contributed by atoms with Crippen LogP contribution < -0.4 is 5.69 Å². The van der Waals surface area contributed by atoms with Crippen LogP contribution in [0.2, 0.25) is 0 Å². The zero-order valence-corrected chi connectivity index (χ0v) is 18.0. The predicted octanol–water partition coefficient (Wildman–Crippen LogP) is 1.83. The minimum atomic E-state index is -3.63. The SMILES string of the molecule is CCN(CC)C(=O)Cn1c(=O)ncc2cc(S(=O)(=O)N3CCCC[C@@H]3C)ccc21. The van der Waals surface area contributed by atoms with E-state index >= 15 is 0 Å². The Bertz CT molecular complexity index is 1060. The van der Waals surface area contributed by atoms with Crippen LogP contribution in [0.15, 0.2) is 34.1 Å². The standard InChI is InChI=1S/C20H28N4O4S/c1-4-22(5-2)19(25)14-23-18-10-9-17(12-16(18)13-21-20(23)26)29(27,28)24-11-7-6-8-15(24)3/h9-10,12-13,15H,4-8,11,14H2,1-3H3/t15-/m0/s1. The van der Waals surface area contributed by atoms with Crippen LogP contribution in [0.3, 0.4) is 0 Å². The highest BCUT2D eigenvalue weighted by Gasteiger charge is 2.31. The largest absolute Gasteiger partial charge is 0.348 e. The molecule has 158 valence electrons. The summed E-state index contributed by atoms with van der Waals surface area (Å²) in [4.78, 5) is 30.4. The summed E-state index contributed by atoms with van der Waals surface area (Å²) in [7, 11) is -3.63. The summed E-state index contributed by atoms with van der Waals surface area (Å²) in [6, 6.07) is 4.60. The van der Waals surface area contributed by atoms with E-state index in [1.54, 1.807) is 15.3 Å². The number of hydrogen-bond donors (Lipinski definition) is 0. The number of likely N-dealkylation sites (N-methyl/N-ethyl adjacent to an activating group) is 1. The fraction of sp³-hybridized carbons (Fsp3) is 0.550. The van der Waals surface area contributed by atoms with Gasteiger partial charge in [0, 0.05) is 37.3 Å². The third kappa shape index (κ3) is 4.20. The van der Waals surface area contributed by atoms with Crippen molar-refractivity contribution in [2.24, 2.45) is 0 Å². The van der Waals surface area contributed by atoms with Crippen LogP contribution in [0.25, 0.3) is 10.9 Å². The first-order chi connectivity index (χ1) is 13.8. The van der Waals surface area contributed by atoms with Crippen molar-refractivity contribution in [1.82, 2.24) is 18.8 Å². The molecule has 1 amide bonds. The molecule has 0 unspecified atom stereocenters. The summed E-state index contributed by atoms with van der Waals surface area (Å²) in [5.74, 6) is -0.176. The third-order valence-corrected chi connectivity index (χ3v) is 7.60. The number of benzene rings is 1. The first-order valence-electron chi connectivity index (χ1n) is 10.1. The van der Waals surface area contributed by atoms with Crippen molar-refractivity contribution in [2.45, 2.75) is 57.5 Å². The molecule has 9 heteroatoms. The number of sulfonamides is 1. The number of nitrogens with zero attached hydrogens (tertiary/aromatic N) is 4. The molecular weight excluding hydrogens is 392 g/mol. The van der Waals surface area contributed by atoms with Crippen molar-refractivity contribution in [3.8, 4) is 0 Å². The molecule has 3 rings (SSSR count). The molecule has 0 N–H and O–H groups in total. The Morgan fingerprint density at radius 2 is 1.97 bits per heavy atom. The van der Waals surface area contributed by atoms with E-state index in [0.29, 0.717) is 30.5 Å². The Morgan fingerprint density at radius 1 is 1.24 bits per heavy atom. The average molecular weight is 421 g/mol. The lowest BCUT2D eigenvalue weighted by molar-refractivity contribution is -0.131. The van der Waals surface area contributed by atoms with E-state index in [1.165, 1.54) is 22.9 Å². The maximum Gasteiger partial charge on any atom is 0.348 e. The number of piperidine rings is 1. The van der Waals surface area contributed by atoms with Crippen molar-refractivity contribution in [3.63, 3.8) is 0 Å². The summed E-state index contributed by atoms with van der Waals surface area (Å²) in [5, 5.41) is 0.516. The highest BCUT2D eigenvalue weighted by atomic mass is 32.2. The molecule has 1 atom stereocenters. The fourth-order valence-corrected chi connectivity index (χ4v) is 5.60. The van der Waals surface area contributed by atoms with E-state index in [2.05, 4.69) is 4.98 Å². The minimum absolute atomic E-state index is 0.0387. The molecule has 1 aromatic heterocycles. The average Bonchev–Trinajstić information content (AvgIpc) is 2.71. The van der Waals surface area contributed by atoms with E-state index in [0.717, 1.165) is 19.3 Å². The van der Waals surface area contributed by atoms with Gasteiger partial charge in [-0.05, 0) is 51.8 Å². The van der Waals surface area contributed by atoms with E-state index < -0.39 is 15.7 Å². The van der Waals surface area contributed by atoms with E-state index in [9.17, 15) is 18.0 Å². The van der Waals surface area contributed by atoms with Gasteiger partial charge < -0.3 is 4.90 Å². The van der Waals surface area contributed by atoms with Gasteiger partial charge in [-0.15, -0.1) is 0 Å². The molecule has 0 spiro atoms. The van der Waals surface area contributed by atoms with Gasteiger partial charge in [0.05, 0.1) is 10.4 Å². The molecule has 8 nitrogen and oxygen atoms in total. The molecule has 1 saturated heterocycles. The number of carbonyl (C=O) groups is 1. The molecule has 2 heterocycles. The second-order valence-electron chi connectivity index (χ2n) is 7.37. The van der Waals surface area contributed by atoms with Gasteiger partial charge in [0.2, 0.25) is 15.9 Å². The summed E-state index contributed by atoms with van der Waals surface area (Å²) in [6.45, 7) is 7.18. The van der Waals surface area contributed by atoms with Crippen LogP contribution >= 0.6 is 0 Å². The molecule has 1 aliphatic heterocycles. The minimum Gasteiger partial charge on any atom is -0.342 e. The number of amides is 1. The van der Waals surface area contributed by atoms with Crippen molar-refractivity contribution >= 4 is 26.8 Å². The summed E-state index contributed by atoms with van der Waals surface area (Å²) >= 11 is 0. The van der Waals surface area contributed by atoms with Crippen molar-refractivity contribution in [3.05, 3.63) is 34.9 Å². The summed E-state index contributed by atoms with van der Waals surface area (Å²) < 4.78 is 29.1. The van der Waals surface area contributed by atoms with Gasteiger partial charge in [-0.1, -0.05) is 6.42 Å². The number of fused-ring (bicyclic) bond motifs is 1. The smallest absolute Gasteiger partial charge is 0.342 e. The molecule has 1 aromatic carbocycles.